The summed E-state index contributed by atoms with van der Waals surface area (Å²) in [6, 6.07) is 16.4. The molecule has 0 radical (unpaired) electrons. The maximum atomic E-state index is 12.3. The maximum absolute atomic E-state index is 12.3. The van der Waals surface area contributed by atoms with E-state index < -0.39 is 10.0 Å². The fraction of sp³-hybridized carbons (Fsp3) is 0. The van der Waals surface area contributed by atoms with Gasteiger partial charge in [-0.3, -0.25) is 4.72 Å². The zero-order valence-electron chi connectivity index (χ0n) is 12.8. The predicted molar refractivity (Wildman–Crippen MR) is 101 cm³/mol. The standard InChI is InChI=1S/C17H13Cl2N3O2S/c18-12-5-8-14(9-6-12)25(23,24)22-17-10-7-13(11-20-17)21-16-4-2-1-3-15(16)19/h1-11,21H,(H,20,22). The van der Waals surface area contributed by atoms with Gasteiger partial charge in [-0.15, -0.1) is 0 Å². The molecule has 1 aromatic heterocycles. The molecule has 0 bridgehead atoms. The van der Waals surface area contributed by atoms with Crippen LogP contribution in [0.5, 0.6) is 0 Å². The van der Waals surface area contributed by atoms with Crippen LogP contribution in [-0.4, -0.2) is 13.4 Å². The molecule has 5 nitrogen and oxygen atoms in total. The highest BCUT2D eigenvalue weighted by Crippen LogP contribution is 2.25. The van der Waals surface area contributed by atoms with Crippen LogP contribution >= 0.6 is 23.2 Å². The molecule has 25 heavy (non-hydrogen) atoms. The van der Waals surface area contributed by atoms with Crippen LogP contribution in [-0.2, 0) is 10.0 Å². The number of para-hydroxylation sites is 1. The third kappa shape index (κ3) is 4.42. The van der Waals surface area contributed by atoms with Gasteiger partial charge in [-0.1, -0.05) is 35.3 Å². The monoisotopic (exact) mass is 393 g/mol. The number of hydrogen-bond donors (Lipinski definition) is 2. The molecular weight excluding hydrogens is 381 g/mol. The summed E-state index contributed by atoms with van der Waals surface area (Å²) in [7, 11) is -3.72. The van der Waals surface area contributed by atoms with Crippen LogP contribution in [0.25, 0.3) is 0 Å². The second-order valence-corrected chi connectivity index (χ2v) is 7.62. The molecule has 128 valence electrons. The highest BCUT2D eigenvalue weighted by Gasteiger charge is 2.14. The van der Waals surface area contributed by atoms with E-state index in [2.05, 4.69) is 15.0 Å². The van der Waals surface area contributed by atoms with Gasteiger partial charge < -0.3 is 5.32 Å². The van der Waals surface area contributed by atoms with Crippen LogP contribution in [0.2, 0.25) is 10.0 Å². The van der Waals surface area contributed by atoms with Crippen molar-refractivity contribution in [1.82, 2.24) is 4.98 Å². The first kappa shape index (κ1) is 17.5. The number of nitrogens with one attached hydrogen (secondary N) is 2. The van der Waals surface area contributed by atoms with E-state index in [-0.39, 0.29) is 10.7 Å². The Morgan fingerprint density at radius 3 is 2.24 bits per heavy atom. The van der Waals surface area contributed by atoms with E-state index in [4.69, 9.17) is 23.2 Å². The van der Waals surface area contributed by atoms with Crippen LogP contribution in [0.1, 0.15) is 0 Å². The highest BCUT2D eigenvalue weighted by molar-refractivity contribution is 7.92. The fourth-order valence-electron chi connectivity index (χ4n) is 2.06. The number of nitrogens with zero attached hydrogens (tertiary/aromatic N) is 1. The molecule has 2 aromatic carbocycles. The topological polar surface area (TPSA) is 71.1 Å². The summed E-state index contributed by atoms with van der Waals surface area (Å²) in [6.45, 7) is 0. The molecule has 0 atom stereocenters. The minimum Gasteiger partial charge on any atom is -0.353 e. The molecule has 8 heteroatoms. The van der Waals surface area contributed by atoms with Gasteiger partial charge in [0.1, 0.15) is 5.82 Å². The number of aromatic nitrogens is 1. The summed E-state index contributed by atoms with van der Waals surface area (Å²) in [4.78, 5) is 4.22. The third-order valence-electron chi connectivity index (χ3n) is 3.28. The quantitative estimate of drug-likeness (QED) is 0.644. The van der Waals surface area contributed by atoms with Crippen LogP contribution < -0.4 is 10.0 Å². The zero-order valence-corrected chi connectivity index (χ0v) is 15.1. The summed E-state index contributed by atoms with van der Waals surface area (Å²) < 4.78 is 27.0. The van der Waals surface area contributed by atoms with E-state index >= 15 is 0 Å². The Balaban J connectivity index is 1.74. The van der Waals surface area contributed by atoms with E-state index in [9.17, 15) is 8.42 Å². The number of rotatable bonds is 5. The summed E-state index contributed by atoms with van der Waals surface area (Å²) in [5, 5.41) is 4.16. The second kappa shape index (κ2) is 7.31. The Bertz CT molecular complexity index is 976. The smallest absolute Gasteiger partial charge is 0.263 e. The van der Waals surface area contributed by atoms with Gasteiger partial charge in [0.25, 0.3) is 10.0 Å². The number of hydrogen-bond acceptors (Lipinski definition) is 4. The van der Waals surface area contributed by atoms with Gasteiger partial charge in [0.05, 0.1) is 27.5 Å². The molecule has 2 N–H and O–H groups in total. The lowest BCUT2D eigenvalue weighted by molar-refractivity contribution is 0.601. The average Bonchev–Trinajstić information content (AvgIpc) is 2.59. The molecule has 0 saturated heterocycles. The van der Waals surface area contributed by atoms with Crippen molar-refractivity contribution in [2.75, 3.05) is 10.0 Å². The molecule has 0 spiro atoms. The minimum absolute atomic E-state index is 0.108. The molecule has 3 aromatic rings. The van der Waals surface area contributed by atoms with Crippen molar-refractivity contribution in [1.29, 1.82) is 0 Å². The zero-order chi connectivity index (χ0) is 17.9. The van der Waals surface area contributed by atoms with Crippen molar-refractivity contribution in [3.8, 4) is 0 Å². The summed E-state index contributed by atoms with van der Waals surface area (Å²) in [5.74, 6) is 0.208. The third-order valence-corrected chi connectivity index (χ3v) is 5.23. The van der Waals surface area contributed by atoms with Crippen LogP contribution in [0, 0.1) is 0 Å². The van der Waals surface area contributed by atoms with Crippen molar-refractivity contribution in [2.45, 2.75) is 4.90 Å². The number of anilines is 3. The van der Waals surface area contributed by atoms with E-state index in [1.807, 2.05) is 18.2 Å². The normalized spacial score (nSPS) is 11.1. The lowest BCUT2D eigenvalue weighted by atomic mass is 10.3. The molecular formula is C17H13Cl2N3O2S. The number of sulfonamides is 1. The molecule has 0 unspecified atom stereocenters. The summed E-state index contributed by atoms with van der Waals surface area (Å²) in [5.41, 5.74) is 1.42. The van der Waals surface area contributed by atoms with E-state index in [0.717, 1.165) is 5.69 Å². The van der Waals surface area contributed by atoms with E-state index in [0.29, 0.717) is 15.7 Å². The largest absolute Gasteiger partial charge is 0.353 e. The van der Waals surface area contributed by atoms with E-state index in [1.54, 1.807) is 18.2 Å². The average molecular weight is 394 g/mol. The molecule has 0 amide bonds. The first-order valence-corrected chi connectivity index (χ1v) is 9.44. The lowest BCUT2D eigenvalue weighted by Crippen LogP contribution is -2.13. The molecule has 0 aliphatic rings. The number of halogens is 2. The van der Waals surface area contributed by atoms with Crippen molar-refractivity contribution in [2.24, 2.45) is 0 Å². The van der Waals surface area contributed by atoms with Gasteiger partial charge in [0.2, 0.25) is 0 Å². The Morgan fingerprint density at radius 1 is 0.880 bits per heavy atom. The van der Waals surface area contributed by atoms with Crippen molar-refractivity contribution < 1.29 is 8.42 Å². The molecule has 3 rings (SSSR count). The Kier molecular flexibility index (Phi) is 5.13. The molecule has 0 fully saturated rings. The SMILES string of the molecule is O=S(=O)(Nc1ccc(Nc2ccccc2Cl)cn1)c1ccc(Cl)cc1. The Morgan fingerprint density at radius 2 is 1.60 bits per heavy atom. The van der Waals surface area contributed by atoms with Gasteiger partial charge in [-0.2, -0.15) is 0 Å². The van der Waals surface area contributed by atoms with Crippen molar-refractivity contribution in [3.63, 3.8) is 0 Å². The first-order valence-electron chi connectivity index (χ1n) is 7.20. The number of pyridine rings is 1. The van der Waals surface area contributed by atoms with Gasteiger partial charge in [0, 0.05) is 5.02 Å². The van der Waals surface area contributed by atoms with Gasteiger partial charge in [-0.05, 0) is 48.5 Å². The van der Waals surface area contributed by atoms with Gasteiger partial charge in [0.15, 0.2) is 0 Å². The van der Waals surface area contributed by atoms with Crippen LogP contribution in [0.3, 0.4) is 0 Å². The van der Waals surface area contributed by atoms with Gasteiger partial charge in [-0.25, -0.2) is 13.4 Å². The predicted octanol–water partition coefficient (Wildman–Crippen LogP) is 4.93. The van der Waals surface area contributed by atoms with Crippen molar-refractivity contribution >= 4 is 50.4 Å². The fourth-order valence-corrected chi connectivity index (χ4v) is 3.37. The van der Waals surface area contributed by atoms with Crippen LogP contribution in [0.15, 0.2) is 71.8 Å². The highest BCUT2D eigenvalue weighted by atomic mass is 35.5. The van der Waals surface area contributed by atoms with Gasteiger partial charge >= 0.3 is 0 Å². The Hall–Kier alpha value is -2.28. The molecule has 0 saturated carbocycles. The first-order chi connectivity index (χ1) is 11.9. The van der Waals surface area contributed by atoms with E-state index in [1.165, 1.54) is 30.5 Å². The molecule has 0 aliphatic heterocycles. The van der Waals surface area contributed by atoms with Crippen molar-refractivity contribution in [3.05, 3.63) is 76.9 Å². The Labute approximate surface area is 155 Å². The summed E-state index contributed by atoms with van der Waals surface area (Å²) >= 11 is 11.9. The second-order valence-electron chi connectivity index (χ2n) is 5.10. The number of benzene rings is 2. The maximum Gasteiger partial charge on any atom is 0.263 e. The summed E-state index contributed by atoms with van der Waals surface area (Å²) in [6.07, 6.45) is 1.52. The molecule has 1 heterocycles. The molecule has 0 aliphatic carbocycles. The minimum atomic E-state index is -3.72. The lowest BCUT2D eigenvalue weighted by Gasteiger charge is -2.10. The van der Waals surface area contributed by atoms with Crippen LogP contribution in [0.4, 0.5) is 17.2 Å².